The number of aliphatic hydroxyl groups excluding tert-OH is 1. The van der Waals surface area contributed by atoms with Gasteiger partial charge in [-0.2, -0.15) is 0 Å². The van der Waals surface area contributed by atoms with Crippen molar-refractivity contribution < 1.29 is 5.11 Å². The van der Waals surface area contributed by atoms with Gasteiger partial charge in [-0.25, -0.2) is 0 Å². The fourth-order valence-corrected chi connectivity index (χ4v) is 3.31. The highest BCUT2D eigenvalue weighted by molar-refractivity contribution is 5.06. The average molecular weight is 154 g/mol. The summed E-state index contributed by atoms with van der Waals surface area (Å²) < 4.78 is 0. The SMILES string of the molecule is CC1(C)C[C@@]2(C)C[C@H]1C[C@H]2O. The van der Waals surface area contributed by atoms with E-state index in [9.17, 15) is 5.11 Å². The third-order valence-electron chi connectivity index (χ3n) is 3.99. The maximum atomic E-state index is 9.71. The molecule has 64 valence electrons. The molecule has 2 rings (SSSR count). The Bertz CT molecular complexity index is 185. The molecule has 0 aliphatic heterocycles. The molecule has 0 spiro atoms. The molecule has 0 unspecified atom stereocenters. The molecule has 1 nitrogen and oxygen atoms in total. The molecule has 0 aromatic heterocycles. The van der Waals surface area contributed by atoms with Crippen molar-refractivity contribution in [1.82, 2.24) is 0 Å². The van der Waals surface area contributed by atoms with Gasteiger partial charge in [0.05, 0.1) is 6.10 Å². The fraction of sp³-hybridized carbons (Fsp3) is 1.00. The maximum absolute atomic E-state index is 9.71. The van der Waals surface area contributed by atoms with E-state index in [1.54, 1.807) is 0 Å². The van der Waals surface area contributed by atoms with Crippen LogP contribution in [0, 0.1) is 16.7 Å². The van der Waals surface area contributed by atoms with E-state index >= 15 is 0 Å². The second-order valence-electron chi connectivity index (χ2n) is 5.47. The van der Waals surface area contributed by atoms with Crippen molar-refractivity contribution in [3.05, 3.63) is 0 Å². The van der Waals surface area contributed by atoms with Gasteiger partial charge in [0.25, 0.3) is 0 Å². The van der Waals surface area contributed by atoms with E-state index in [0.717, 1.165) is 12.3 Å². The molecule has 11 heavy (non-hydrogen) atoms. The molecule has 2 bridgehead atoms. The van der Waals surface area contributed by atoms with Crippen LogP contribution < -0.4 is 0 Å². The van der Waals surface area contributed by atoms with Crippen LogP contribution in [0.1, 0.15) is 40.0 Å². The fourth-order valence-electron chi connectivity index (χ4n) is 3.31. The Hall–Kier alpha value is -0.0400. The lowest BCUT2D eigenvalue weighted by atomic mass is 9.71. The number of hydrogen-bond acceptors (Lipinski definition) is 1. The van der Waals surface area contributed by atoms with Crippen LogP contribution in [0.4, 0.5) is 0 Å². The first-order valence-corrected chi connectivity index (χ1v) is 4.62. The lowest BCUT2D eigenvalue weighted by molar-refractivity contribution is 0.0173. The molecule has 0 saturated heterocycles. The van der Waals surface area contributed by atoms with Crippen molar-refractivity contribution in [2.45, 2.75) is 46.1 Å². The molecule has 0 aromatic carbocycles. The summed E-state index contributed by atoms with van der Waals surface area (Å²) in [6, 6.07) is 0. The summed E-state index contributed by atoms with van der Waals surface area (Å²) in [6.45, 7) is 6.93. The first-order valence-electron chi connectivity index (χ1n) is 4.62. The molecule has 0 heterocycles. The molecule has 0 radical (unpaired) electrons. The first-order chi connectivity index (χ1) is 4.94. The normalized spacial score (nSPS) is 53.5. The summed E-state index contributed by atoms with van der Waals surface area (Å²) in [6.07, 6.45) is 3.50. The van der Waals surface area contributed by atoms with Crippen molar-refractivity contribution in [3.8, 4) is 0 Å². The van der Waals surface area contributed by atoms with Gasteiger partial charge in [-0.15, -0.1) is 0 Å². The molecule has 2 aliphatic rings. The maximum Gasteiger partial charge on any atom is 0.0596 e. The lowest BCUT2D eigenvalue weighted by Gasteiger charge is -2.36. The minimum Gasteiger partial charge on any atom is -0.393 e. The van der Waals surface area contributed by atoms with Crippen LogP contribution in [0.3, 0.4) is 0 Å². The highest BCUT2D eigenvalue weighted by Gasteiger charge is 2.56. The third-order valence-corrected chi connectivity index (χ3v) is 3.99. The van der Waals surface area contributed by atoms with E-state index in [-0.39, 0.29) is 11.5 Å². The van der Waals surface area contributed by atoms with Crippen LogP contribution in [0.5, 0.6) is 0 Å². The Morgan fingerprint density at radius 1 is 1.27 bits per heavy atom. The van der Waals surface area contributed by atoms with E-state index < -0.39 is 0 Å². The largest absolute Gasteiger partial charge is 0.393 e. The van der Waals surface area contributed by atoms with Gasteiger partial charge < -0.3 is 5.11 Å². The quantitative estimate of drug-likeness (QED) is 0.567. The summed E-state index contributed by atoms with van der Waals surface area (Å²) in [5.74, 6) is 0.780. The predicted molar refractivity (Wildman–Crippen MR) is 45.2 cm³/mol. The van der Waals surface area contributed by atoms with Gasteiger partial charge in [-0.05, 0) is 36.0 Å². The Morgan fingerprint density at radius 3 is 2.18 bits per heavy atom. The number of rotatable bonds is 0. The zero-order valence-electron chi connectivity index (χ0n) is 7.72. The predicted octanol–water partition coefficient (Wildman–Crippen LogP) is 2.19. The van der Waals surface area contributed by atoms with Gasteiger partial charge in [-0.1, -0.05) is 20.8 Å². The van der Waals surface area contributed by atoms with Gasteiger partial charge in [-0.3, -0.25) is 0 Å². The molecule has 1 heteroatoms. The van der Waals surface area contributed by atoms with Gasteiger partial charge in [0.2, 0.25) is 0 Å². The number of fused-ring (bicyclic) bond motifs is 2. The zero-order valence-corrected chi connectivity index (χ0v) is 7.72. The highest BCUT2D eigenvalue weighted by atomic mass is 16.3. The van der Waals surface area contributed by atoms with Gasteiger partial charge in [0.15, 0.2) is 0 Å². The van der Waals surface area contributed by atoms with Gasteiger partial charge in [0.1, 0.15) is 0 Å². The molecule has 0 amide bonds. The van der Waals surface area contributed by atoms with Crippen molar-refractivity contribution >= 4 is 0 Å². The minimum absolute atomic E-state index is 0.0134. The number of hydrogen-bond donors (Lipinski definition) is 1. The van der Waals surface area contributed by atoms with E-state index in [0.29, 0.717) is 5.41 Å². The second-order valence-corrected chi connectivity index (χ2v) is 5.47. The van der Waals surface area contributed by atoms with Crippen molar-refractivity contribution in [3.63, 3.8) is 0 Å². The monoisotopic (exact) mass is 154 g/mol. The molecule has 0 aromatic rings. The van der Waals surface area contributed by atoms with E-state index in [1.807, 2.05) is 0 Å². The average Bonchev–Trinajstić information content (AvgIpc) is 2.16. The van der Waals surface area contributed by atoms with Crippen LogP contribution in [0.2, 0.25) is 0 Å². The molecular formula is C10H18O. The molecule has 1 N–H and O–H groups in total. The Balaban J connectivity index is 2.27. The van der Waals surface area contributed by atoms with Crippen LogP contribution in [0.15, 0.2) is 0 Å². The summed E-state index contributed by atoms with van der Waals surface area (Å²) >= 11 is 0. The summed E-state index contributed by atoms with van der Waals surface area (Å²) in [5, 5.41) is 9.71. The summed E-state index contributed by atoms with van der Waals surface area (Å²) in [7, 11) is 0. The summed E-state index contributed by atoms with van der Waals surface area (Å²) in [5.41, 5.74) is 0.752. The molecule has 3 atom stereocenters. The van der Waals surface area contributed by atoms with Crippen molar-refractivity contribution in [2.75, 3.05) is 0 Å². The second kappa shape index (κ2) is 1.82. The van der Waals surface area contributed by atoms with Crippen LogP contribution in [-0.4, -0.2) is 11.2 Å². The van der Waals surface area contributed by atoms with Crippen LogP contribution in [0.25, 0.3) is 0 Å². The van der Waals surface area contributed by atoms with E-state index in [4.69, 9.17) is 0 Å². The summed E-state index contributed by atoms with van der Waals surface area (Å²) in [4.78, 5) is 0. The Labute approximate surface area is 68.8 Å². The van der Waals surface area contributed by atoms with E-state index in [2.05, 4.69) is 20.8 Å². The topological polar surface area (TPSA) is 20.2 Å². The van der Waals surface area contributed by atoms with Crippen molar-refractivity contribution in [1.29, 1.82) is 0 Å². The Kier molecular flexibility index (Phi) is 1.26. The van der Waals surface area contributed by atoms with Gasteiger partial charge >= 0.3 is 0 Å². The standard InChI is InChI=1S/C10H18O/c1-9(2)6-10(3)5-7(9)4-8(10)11/h7-8,11H,4-6H2,1-3H3/t7-,8-,10-/m1/s1. The first kappa shape index (κ1) is 7.60. The molecule has 2 aliphatic carbocycles. The van der Waals surface area contributed by atoms with E-state index in [1.165, 1.54) is 12.8 Å². The number of aliphatic hydroxyl groups is 1. The lowest BCUT2D eigenvalue weighted by Crippen LogP contribution is -2.33. The third kappa shape index (κ3) is 0.868. The van der Waals surface area contributed by atoms with Crippen LogP contribution in [-0.2, 0) is 0 Å². The minimum atomic E-state index is -0.0134. The van der Waals surface area contributed by atoms with Gasteiger partial charge in [0, 0.05) is 0 Å². The van der Waals surface area contributed by atoms with Crippen molar-refractivity contribution in [2.24, 2.45) is 16.7 Å². The Morgan fingerprint density at radius 2 is 1.91 bits per heavy atom. The van der Waals surface area contributed by atoms with Crippen LogP contribution >= 0.6 is 0 Å². The molecular weight excluding hydrogens is 136 g/mol. The highest BCUT2D eigenvalue weighted by Crippen LogP contribution is 2.62. The molecule has 2 saturated carbocycles. The smallest absolute Gasteiger partial charge is 0.0596 e. The zero-order chi connectivity index (χ0) is 8.28. The molecule has 2 fully saturated rings.